The second-order valence-corrected chi connectivity index (χ2v) is 12.6. The predicted octanol–water partition coefficient (Wildman–Crippen LogP) is 5.35. The van der Waals surface area contributed by atoms with E-state index in [9.17, 15) is 8.42 Å². The number of furan rings is 1. The second kappa shape index (κ2) is 7.95. The fraction of sp³-hybridized carbons (Fsp3) is 0.364. The van der Waals surface area contributed by atoms with Crippen molar-refractivity contribution in [3.8, 4) is 0 Å². The number of rotatable bonds is 4. The third kappa shape index (κ3) is 4.73. The summed E-state index contributed by atoms with van der Waals surface area (Å²) in [6.07, 6.45) is 3.21. The molecule has 2 atom stereocenters. The standard InChI is InChI=1S/C22H26N2O3S2/c1-21(2,3)28(25)23-13-15-9-7-11-17-18-12-8-10-16(20(18)27-19(15)17)14-24-29(26)22(4,5)6/h7-14H,1-6H3/b23-13+,24-14+/t28-,29-/m1/s1. The van der Waals surface area contributed by atoms with Crippen LogP contribution in [0.2, 0.25) is 0 Å². The summed E-state index contributed by atoms with van der Waals surface area (Å²) in [5, 5.41) is 1.88. The molecule has 29 heavy (non-hydrogen) atoms. The molecule has 0 spiro atoms. The Morgan fingerprint density at radius 1 is 0.724 bits per heavy atom. The van der Waals surface area contributed by atoms with Crippen LogP contribution in [0.4, 0.5) is 0 Å². The molecule has 0 N–H and O–H groups in total. The number of nitrogens with zero attached hydrogens (tertiary/aromatic N) is 2. The summed E-state index contributed by atoms with van der Waals surface area (Å²) in [5.41, 5.74) is 2.87. The number of hydrogen-bond acceptors (Lipinski definition) is 3. The van der Waals surface area contributed by atoms with E-state index in [2.05, 4.69) is 8.80 Å². The van der Waals surface area contributed by atoms with Crippen LogP contribution >= 0.6 is 0 Å². The van der Waals surface area contributed by atoms with E-state index in [1.54, 1.807) is 12.4 Å². The Bertz CT molecular complexity index is 1070. The van der Waals surface area contributed by atoms with Gasteiger partial charge in [-0.15, -0.1) is 0 Å². The summed E-state index contributed by atoms with van der Waals surface area (Å²) in [6, 6.07) is 11.6. The van der Waals surface area contributed by atoms with Gasteiger partial charge in [-0.25, -0.2) is 8.42 Å². The van der Waals surface area contributed by atoms with Crippen LogP contribution in [0.5, 0.6) is 0 Å². The Hall–Kier alpha value is -2.12. The highest BCUT2D eigenvalue weighted by Gasteiger charge is 2.20. The van der Waals surface area contributed by atoms with Crippen molar-refractivity contribution in [2.45, 2.75) is 51.0 Å². The van der Waals surface area contributed by atoms with Gasteiger partial charge in [0.25, 0.3) is 0 Å². The lowest BCUT2D eigenvalue weighted by Crippen LogP contribution is -2.19. The summed E-state index contributed by atoms with van der Waals surface area (Å²) < 4.78 is 38.3. The van der Waals surface area contributed by atoms with Crippen molar-refractivity contribution in [3.63, 3.8) is 0 Å². The molecule has 2 aromatic carbocycles. The topological polar surface area (TPSA) is 72.0 Å². The van der Waals surface area contributed by atoms with Gasteiger partial charge >= 0.3 is 0 Å². The van der Waals surface area contributed by atoms with Crippen molar-refractivity contribution in [2.24, 2.45) is 8.80 Å². The number of fused-ring (bicyclic) bond motifs is 3. The molecule has 0 saturated carbocycles. The van der Waals surface area contributed by atoms with Gasteiger partial charge in [0, 0.05) is 34.3 Å². The van der Waals surface area contributed by atoms with Crippen molar-refractivity contribution in [1.82, 2.24) is 0 Å². The Morgan fingerprint density at radius 2 is 1.10 bits per heavy atom. The first-order chi connectivity index (χ1) is 13.5. The molecule has 0 amide bonds. The lowest BCUT2D eigenvalue weighted by atomic mass is 10.1. The van der Waals surface area contributed by atoms with E-state index >= 15 is 0 Å². The summed E-state index contributed by atoms with van der Waals surface area (Å²) in [5.74, 6) is 0. The Kier molecular flexibility index (Phi) is 5.92. The molecule has 0 bridgehead atoms. The predicted molar refractivity (Wildman–Crippen MR) is 125 cm³/mol. The summed E-state index contributed by atoms with van der Waals surface area (Å²) in [6.45, 7) is 11.3. The summed E-state index contributed by atoms with van der Waals surface area (Å²) >= 11 is 0. The van der Waals surface area contributed by atoms with Crippen molar-refractivity contribution in [1.29, 1.82) is 0 Å². The Balaban J connectivity index is 2.09. The van der Waals surface area contributed by atoms with Crippen LogP contribution < -0.4 is 0 Å². The van der Waals surface area contributed by atoms with E-state index in [0.29, 0.717) is 11.2 Å². The normalized spacial score (nSPS) is 15.7. The van der Waals surface area contributed by atoms with Gasteiger partial charge in [-0.05, 0) is 53.7 Å². The highest BCUT2D eigenvalue weighted by molar-refractivity contribution is 7.85. The van der Waals surface area contributed by atoms with Crippen LogP contribution in [0.15, 0.2) is 49.6 Å². The average molecular weight is 431 g/mol. The van der Waals surface area contributed by atoms with Gasteiger partial charge in [0.2, 0.25) is 0 Å². The van der Waals surface area contributed by atoms with Gasteiger partial charge in [-0.1, -0.05) is 24.3 Å². The van der Waals surface area contributed by atoms with Crippen LogP contribution in [-0.4, -0.2) is 30.3 Å². The van der Waals surface area contributed by atoms with Gasteiger partial charge in [0.15, 0.2) is 0 Å². The molecular formula is C22H26N2O3S2. The molecule has 3 aromatic rings. The van der Waals surface area contributed by atoms with E-state index in [-0.39, 0.29) is 0 Å². The van der Waals surface area contributed by atoms with Crippen molar-refractivity contribution in [3.05, 3.63) is 47.5 Å². The fourth-order valence-corrected chi connectivity index (χ4v) is 3.64. The highest BCUT2D eigenvalue weighted by atomic mass is 32.2. The van der Waals surface area contributed by atoms with E-state index in [1.807, 2.05) is 77.9 Å². The van der Waals surface area contributed by atoms with Crippen LogP contribution in [0.3, 0.4) is 0 Å². The largest absolute Gasteiger partial charge is 0.455 e. The van der Waals surface area contributed by atoms with Crippen LogP contribution in [0, 0.1) is 0 Å². The number of hydrogen-bond donors (Lipinski definition) is 0. The third-order valence-corrected chi connectivity index (χ3v) is 6.90. The van der Waals surface area contributed by atoms with Crippen molar-refractivity contribution in [2.75, 3.05) is 0 Å². The molecule has 5 nitrogen and oxygen atoms in total. The van der Waals surface area contributed by atoms with Crippen LogP contribution in [-0.2, 0) is 22.0 Å². The van der Waals surface area contributed by atoms with E-state index < -0.39 is 31.5 Å². The molecule has 7 heteroatoms. The minimum absolute atomic E-state index is 0.426. The molecule has 154 valence electrons. The van der Waals surface area contributed by atoms with Gasteiger partial charge in [0.05, 0.1) is 9.49 Å². The average Bonchev–Trinajstić information content (AvgIpc) is 3.02. The third-order valence-electron chi connectivity index (χ3n) is 4.21. The van der Waals surface area contributed by atoms with Crippen molar-refractivity contribution >= 4 is 56.3 Å². The maximum atomic E-state index is 12.3. The zero-order valence-corrected chi connectivity index (χ0v) is 19.2. The SMILES string of the molecule is CC(C)(C)[S@@](=O)/N=C/c1cccc2c1oc1c(/C=N/[S@](=O)C(C)(C)C)cccc12. The van der Waals surface area contributed by atoms with Gasteiger partial charge < -0.3 is 4.42 Å². The van der Waals surface area contributed by atoms with Crippen molar-refractivity contribution < 1.29 is 12.8 Å². The molecule has 1 aromatic heterocycles. The van der Waals surface area contributed by atoms with Crippen LogP contribution in [0.1, 0.15) is 52.7 Å². The van der Waals surface area contributed by atoms with E-state index in [4.69, 9.17) is 4.42 Å². The molecule has 0 aliphatic rings. The smallest absolute Gasteiger partial charge is 0.144 e. The van der Waals surface area contributed by atoms with Gasteiger partial charge in [-0.2, -0.15) is 8.80 Å². The van der Waals surface area contributed by atoms with E-state index in [0.717, 1.165) is 21.9 Å². The lowest BCUT2D eigenvalue weighted by molar-refractivity contribution is 0.650. The molecule has 0 aliphatic carbocycles. The second-order valence-electron chi connectivity index (χ2n) is 8.74. The molecule has 0 fully saturated rings. The molecule has 1 heterocycles. The summed E-state index contributed by atoms with van der Waals surface area (Å²) in [7, 11) is -2.69. The van der Waals surface area contributed by atoms with E-state index in [1.165, 1.54) is 0 Å². The zero-order chi connectivity index (χ0) is 21.4. The monoisotopic (exact) mass is 430 g/mol. The maximum Gasteiger partial charge on any atom is 0.144 e. The minimum Gasteiger partial charge on any atom is -0.455 e. The first-order valence-electron chi connectivity index (χ1n) is 9.35. The molecular weight excluding hydrogens is 404 g/mol. The lowest BCUT2D eigenvalue weighted by Gasteiger charge is -2.12. The molecule has 0 radical (unpaired) electrons. The van der Waals surface area contributed by atoms with Gasteiger partial charge in [-0.3, -0.25) is 0 Å². The highest BCUT2D eigenvalue weighted by Crippen LogP contribution is 2.32. The van der Waals surface area contributed by atoms with Gasteiger partial charge in [0.1, 0.15) is 33.1 Å². The quantitative estimate of drug-likeness (QED) is 0.524. The first kappa shape index (κ1) is 21.6. The Labute approximate surface area is 176 Å². The summed E-state index contributed by atoms with van der Waals surface area (Å²) in [4.78, 5) is 0. The number of para-hydroxylation sites is 2. The molecule has 0 unspecified atom stereocenters. The minimum atomic E-state index is -1.35. The number of benzene rings is 2. The Morgan fingerprint density at radius 3 is 1.45 bits per heavy atom. The molecule has 0 aliphatic heterocycles. The zero-order valence-electron chi connectivity index (χ0n) is 17.6. The molecule has 3 rings (SSSR count). The first-order valence-corrected chi connectivity index (χ1v) is 11.6. The maximum absolute atomic E-state index is 12.3. The fourth-order valence-electron chi connectivity index (χ4n) is 2.59. The molecule has 0 saturated heterocycles. The van der Waals surface area contributed by atoms with Crippen LogP contribution in [0.25, 0.3) is 21.9 Å².